The second-order valence-corrected chi connectivity index (χ2v) is 7.07. The van der Waals surface area contributed by atoms with Crippen LogP contribution < -0.4 is 10.6 Å². The van der Waals surface area contributed by atoms with Crippen LogP contribution in [0.15, 0.2) is 42.6 Å². The lowest BCUT2D eigenvalue weighted by molar-refractivity contribution is -0.120. The number of hydrogen-bond acceptors (Lipinski definition) is 5. The van der Waals surface area contributed by atoms with E-state index in [0.717, 1.165) is 51.4 Å². The van der Waals surface area contributed by atoms with Gasteiger partial charge in [0.05, 0.1) is 6.54 Å². The fourth-order valence-corrected chi connectivity index (χ4v) is 3.83. The largest absolute Gasteiger partial charge is 0.384 e. The first-order valence-electron chi connectivity index (χ1n) is 9.22. The number of piperazine rings is 1. The molecule has 1 amide bonds. The molecule has 2 aliphatic heterocycles. The van der Waals surface area contributed by atoms with Crippen LogP contribution in [0.2, 0.25) is 0 Å². The maximum absolute atomic E-state index is 12.7. The standard InChI is InChI=1S/C20H25N5O/c21-19-13-16(5-7-22-19)14-23-9-11-24(12-10-23)15-20(26)25-8-6-17-3-1-2-4-18(17)25/h1-5,7,13H,6,8-12,14-15H2,(H2,21,22). The molecule has 3 heterocycles. The molecule has 2 aromatic rings. The number of nitrogens with zero attached hydrogens (tertiary/aromatic N) is 4. The van der Waals surface area contributed by atoms with Gasteiger partial charge in [-0.15, -0.1) is 0 Å². The first-order chi connectivity index (χ1) is 12.7. The Morgan fingerprint density at radius 1 is 1.04 bits per heavy atom. The minimum Gasteiger partial charge on any atom is -0.384 e. The minimum atomic E-state index is 0.213. The summed E-state index contributed by atoms with van der Waals surface area (Å²) in [5, 5.41) is 0. The van der Waals surface area contributed by atoms with Crippen LogP contribution in [0.1, 0.15) is 11.1 Å². The van der Waals surface area contributed by atoms with Crippen molar-refractivity contribution in [3.05, 3.63) is 53.7 Å². The zero-order chi connectivity index (χ0) is 17.9. The number of fused-ring (bicyclic) bond motifs is 1. The summed E-state index contributed by atoms with van der Waals surface area (Å²) < 4.78 is 0. The third-order valence-corrected chi connectivity index (χ3v) is 5.26. The van der Waals surface area contributed by atoms with Gasteiger partial charge in [-0.1, -0.05) is 18.2 Å². The summed E-state index contributed by atoms with van der Waals surface area (Å²) in [5.41, 5.74) is 9.31. The lowest BCUT2D eigenvalue weighted by Crippen LogP contribution is -2.49. The Kier molecular flexibility index (Phi) is 4.86. The average molecular weight is 351 g/mol. The van der Waals surface area contributed by atoms with Crippen LogP contribution in [0.4, 0.5) is 11.5 Å². The first-order valence-corrected chi connectivity index (χ1v) is 9.22. The van der Waals surface area contributed by atoms with Crippen molar-refractivity contribution in [3.63, 3.8) is 0 Å². The first kappa shape index (κ1) is 17.0. The highest BCUT2D eigenvalue weighted by Crippen LogP contribution is 2.27. The zero-order valence-corrected chi connectivity index (χ0v) is 15.0. The summed E-state index contributed by atoms with van der Waals surface area (Å²) in [6, 6.07) is 12.2. The molecule has 6 nitrogen and oxygen atoms in total. The molecule has 0 bridgehead atoms. The van der Waals surface area contributed by atoms with Gasteiger partial charge in [0.2, 0.25) is 5.91 Å². The monoisotopic (exact) mass is 351 g/mol. The van der Waals surface area contributed by atoms with Gasteiger partial charge in [-0.3, -0.25) is 14.6 Å². The molecule has 6 heteroatoms. The van der Waals surface area contributed by atoms with Crippen LogP contribution in [0.25, 0.3) is 0 Å². The topological polar surface area (TPSA) is 65.7 Å². The number of rotatable bonds is 4. The van der Waals surface area contributed by atoms with E-state index in [0.29, 0.717) is 12.4 Å². The second-order valence-electron chi connectivity index (χ2n) is 7.07. The summed E-state index contributed by atoms with van der Waals surface area (Å²) in [5.74, 6) is 0.780. The van der Waals surface area contributed by atoms with Gasteiger partial charge in [-0.05, 0) is 35.7 Å². The Bertz CT molecular complexity index is 785. The van der Waals surface area contributed by atoms with Gasteiger partial charge in [-0.25, -0.2) is 4.98 Å². The van der Waals surface area contributed by atoms with E-state index in [1.807, 2.05) is 29.2 Å². The third kappa shape index (κ3) is 3.71. The van der Waals surface area contributed by atoms with Crippen LogP contribution >= 0.6 is 0 Å². The highest BCUT2D eigenvalue weighted by molar-refractivity contribution is 5.96. The van der Waals surface area contributed by atoms with E-state index in [4.69, 9.17) is 5.73 Å². The smallest absolute Gasteiger partial charge is 0.241 e. The SMILES string of the molecule is Nc1cc(CN2CCN(CC(=O)N3CCc4ccccc43)CC2)ccn1. The van der Waals surface area contributed by atoms with E-state index >= 15 is 0 Å². The van der Waals surface area contributed by atoms with Gasteiger partial charge in [0.1, 0.15) is 5.82 Å². The lowest BCUT2D eigenvalue weighted by atomic mass is 10.2. The number of hydrogen-bond donors (Lipinski definition) is 1. The maximum Gasteiger partial charge on any atom is 0.241 e. The number of benzene rings is 1. The van der Waals surface area contributed by atoms with Crippen LogP contribution in [0.5, 0.6) is 0 Å². The molecule has 0 saturated carbocycles. The van der Waals surface area contributed by atoms with Gasteiger partial charge in [0.15, 0.2) is 0 Å². The Balaban J connectivity index is 1.28. The Morgan fingerprint density at radius 2 is 1.81 bits per heavy atom. The summed E-state index contributed by atoms with van der Waals surface area (Å²) >= 11 is 0. The number of amides is 1. The van der Waals surface area contributed by atoms with Crippen molar-refractivity contribution >= 4 is 17.4 Å². The van der Waals surface area contributed by atoms with Gasteiger partial charge < -0.3 is 10.6 Å². The molecule has 0 radical (unpaired) electrons. The van der Waals surface area contributed by atoms with Crippen LogP contribution in [-0.2, 0) is 17.8 Å². The number of nitrogens with two attached hydrogens (primary N) is 1. The number of pyridine rings is 1. The summed E-state index contributed by atoms with van der Waals surface area (Å²) in [6.07, 6.45) is 2.72. The number of carbonyl (C=O) groups excluding carboxylic acids is 1. The minimum absolute atomic E-state index is 0.213. The van der Waals surface area contributed by atoms with E-state index in [1.54, 1.807) is 6.20 Å². The molecule has 0 atom stereocenters. The van der Waals surface area contributed by atoms with Crippen molar-refractivity contribution in [2.45, 2.75) is 13.0 Å². The van der Waals surface area contributed by atoms with Gasteiger partial charge in [0.25, 0.3) is 0 Å². The molecule has 0 spiro atoms. The fraction of sp³-hybridized carbons (Fsp3) is 0.400. The molecular formula is C20H25N5O. The van der Waals surface area contributed by atoms with Crippen molar-refractivity contribution < 1.29 is 4.79 Å². The predicted octanol–water partition coefficient (Wildman–Crippen LogP) is 1.37. The number of carbonyl (C=O) groups is 1. The predicted molar refractivity (Wildman–Crippen MR) is 103 cm³/mol. The lowest BCUT2D eigenvalue weighted by Gasteiger charge is -2.35. The molecular weight excluding hydrogens is 326 g/mol. The molecule has 2 aliphatic rings. The summed E-state index contributed by atoms with van der Waals surface area (Å²) in [4.78, 5) is 23.4. The molecule has 1 aromatic heterocycles. The molecule has 2 N–H and O–H groups in total. The Hall–Kier alpha value is -2.44. The van der Waals surface area contributed by atoms with Gasteiger partial charge in [0, 0.05) is 51.2 Å². The third-order valence-electron chi connectivity index (χ3n) is 5.26. The Morgan fingerprint density at radius 3 is 2.62 bits per heavy atom. The van der Waals surface area contributed by atoms with E-state index < -0.39 is 0 Å². The highest BCUT2D eigenvalue weighted by atomic mass is 16.2. The molecule has 1 saturated heterocycles. The summed E-state index contributed by atoms with van der Waals surface area (Å²) in [7, 11) is 0. The van der Waals surface area contributed by atoms with Crippen molar-refractivity contribution in [2.24, 2.45) is 0 Å². The molecule has 136 valence electrons. The second kappa shape index (κ2) is 7.43. The van der Waals surface area contributed by atoms with Crippen molar-refractivity contribution in [3.8, 4) is 0 Å². The summed E-state index contributed by atoms with van der Waals surface area (Å²) in [6.45, 7) is 5.96. The zero-order valence-electron chi connectivity index (χ0n) is 15.0. The van der Waals surface area contributed by atoms with E-state index in [9.17, 15) is 4.79 Å². The van der Waals surface area contributed by atoms with E-state index in [2.05, 4.69) is 26.9 Å². The quantitative estimate of drug-likeness (QED) is 0.901. The molecule has 0 aliphatic carbocycles. The number of anilines is 2. The Labute approximate surface area is 154 Å². The van der Waals surface area contributed by atoms with Crippen molar-refractivity contribution in [2.75, 3.05) is 49.9 Å². The molecule has 1 fully saturated rings. The van der Waals surface area contributed by atoms with Gasteiger partial charge >= 0.3 is 0 Å². The maximum atomic E-state index is 12.7. The average Bonchev–Trinajstić information content (AvgIpc) is 3.08. The van der Waals surface area contributed by atoms with Crippen molar-refractivity contribution in [1.29, 1.82) is 0 Å². The van der Waals surface area contributed by atoms with Crippen molar-refractivity contribution in [1.82, 2.24) is 14.8 Å². The van der Waals surface area contributed by atoms with E-state index in [-0.39, 0.29) is 5.91 Å². The van der Waals surface area contributed by atoms with Crippen LogP contribution in [-0.4, -0.2) is 60.0 Å². The van der Waals surface area contributed by atoms with Crippen LogP contribution in [0, 0.1) is 0 Å². The van der Waals surface area contributed by atoms with E-state index in [1.165, 1.54) is 11.1 Å². The molecule has 0 unspecified atom stereocenters. The number of para-hydroxylation sites is 1. The normalized spacial score (nSPS) is 18.1. The highest BCUT2D eigenvalue weighted by Gasteiger charge is 2.26. The number of nitrogen functional groups attached to an aromatic ring is 1. The van der Waals surface area contributed by atoms with Gasteiger partial charge in [-0.2, -0.15) is 0 Å². The fourth-order valence-electron chi connectivity index (χ4n) is 3.83. The molecule has 26 heavy (non-hydrogen) atoms. The molecule has 1 aromatic carbocycles. The molecule has 4 rings (SSSR count). The van der Waals surface area contributed by atoms with Crippen LogP contribution in [0.3, 0.4) is 0 Å². The number of aromatic nitrogens is 1.